The maximum absolute atomic E-state index is 12.7. The number of benzene rings is 2. The maximum atomic E-state index is 12.7. The molecular formula is C23H26BrN3O2. The van der Waals surface area contributed by atoms with Crippen LogP contribution in [0.3, 0.4) is 0 Å². The zero-order valence-electron chi connectivity index (χ0n) is 17.0. The minimum absolute atomic E-state index is 0.183. The van der Waals surface area contributed by atoms with E-state index < -0.39 is 0 Å². The summed E-state index contributed by atoms with van der Waals surface area (Å²) in [6.07, 6.45) is 0.542. The molecule has 1 atom stereocenters. The van der Waals surface area contributed by atoms with Gasteiger partial charge in [0.15, 0.2) is 0 Å². The fourth-order valence-corrected chi connectivity index (χ4v) is 4.54. The molecule has 1 aliphatic heterocycles. The summed E-state index contributed by atoms with van der Waals surface area (Å²) < 4.78 is 6.44. The van der Waals surface area contributed by atoms with Crippen molar-refractivity contribution < 1.29 is 9.53 Å². The van der Waals surface area contributed by atoms with Gasteiger partial charge in [-0.2, -0.15) is 0 Å². The number of carbonyl (C=O) groups is 1. The van der Waals surface area contributed by atoms with Gasteiger partial charge in [-0.3, -0.25) is 4.90 Å². The van der Waals surface area contributed by atoms with E-state index in [4.69, 9.17) is 4.74 Å². The fourth-order valence-electron chi connectivity index (χ4n) is 4.18. The Labute approximate surface area is 179 Å². The molecule has 152 valence electrons. The van der Waals surface area contributed by atoms with Gasteiger partial charge in [0, 0.05) is 34.2 Å². The van der Waals surface area contributed by atoms with Crippen LogP contribution in [0.4, 0.5) is 4.79 Å². The summed E-state index contributed by atoms with van der Waals surface area (Å²) >= 11 is 3.59. The first-order valence-electron chi connectivity index (χ1n) is 9.95. The van der Waals surface area contributed by atoms with Gasteiger partial charge < -0.3 is 14.6 Å². The van der Waals surface area contributed by atoms with E-state index in [0.717, 1.165) is 34.2 Å². The smallest absolute Gasteiger partial charge is 0.410 e. The number of nitrogens with one attached hydrogen (secondary N) is 1. The molecule has 0 bridgehead atoms. The molecule has 1 amide bonds. The van der Waals surface area contributed by atoms with E-state index in [0.29, 0.717) is 13.2 Å². The first kappa shape index (κ1) is 20.0. The molecule has 4 rings (SSSR count). The Bertz CT molecular complexity index is 1030. The highest BCUT2D eigenvalue weighted by Crippen LogP contribution is 2.39. The van der Waals surface area contributed by atoms with Gasteiger partial charge >= 0.3 is 6.09 Å². The number of aromatic amines is 1. The number of ether oxygens (including phenoxy) is 1. The molecule has 1 aromatic heterocycles. The van der Waals surface area contributed by atoms with E-state index in [1.54, 1.807) is 0 Å². The van der Waals surface area contributed by atoms with Crippen molar-refractivity contribution in [2.75, 3.05) is 27.2 Å². The molecule has 6 heteroatoms. The summed E-state index contributed by atoms with van der Waals surface area (Å²) in [5.74, 6) is 0. The van der Waals surface area contributed by atoms with Crippen molar-refractivity contribution in [1.82, 2.24) is 14.8 Å². The van der Waals surface area contributed by atoms with E-state index in [1.807, 2.05) is 17.9 Å². The van der Waals surface area contributed by atoms with E-state index in [2.05, 4.69) is 76.3 Å². The minimum atomic E-state index is -0.264. The Morgan fingerprint density at radius 3 is 2.69 bits per heavy atom. The van der Waals surface area contributed by atoms with Gasteiger partial charge in [0.1, 0.15) is 6.04 Å². The van der Waals surface area contributed by atoms with Crippen molar-refractivity contribution in [3.63, 3.8) is 0 Å². The van der Waals surface area contributed by atoms with Gasteiger partial charge in [0.2, 0.25) is 0 Å². The Balaban J connectivity index is 1.80. The van der Waals surface area contributed by atoms with E-state index in [9.17, 15) is 4.79 Å². The number of halogens is 1. The standard InChI is InChI=1S/C23H26BrN3O2/c1-4-29-23(28)27-12-11-18-19-13-17(24)9-10-20(19)25-21(18)22(27)16-7-5-15(6-8-16)14-26(2)3/h5-10,13,22,25H,4,11-12,14H2,1-3H3. The molecule has 0 fully saturated rings. The number of fused-ring (bicyclic) bond motifs is 3. The first-order chi connectivity index (χ1) is 14.0. The second-order valence-corrected chi connectivity index (χ2v) is 8.65. The minimum Gasteiger partial charge on any atom is -0.450 e. The van der Waals surface area contributed by atoms with Crippen molar-refractivity contribution in [3.05, 3.63) is 69.3 Å². The quantitative estimate of drug-likeness (QED) is 0.595. The lowest BCUT2D eigenvalue weighted by Gasteiger charge is -2.35. The number of aromatic nitrogens is 1. The summed E-state index contributed by atoms with van der Waals surface area (Å²) in [5, 5.41) is 1.21. The lowest BCUT2D eigenvalue weighted by Crippen LogP contribution is -2.41. The average molecular weight is 456 g/mol. The number of hydrogen-bond acceptors (Lipinski definition) is 3. The van der Waals surface area contributed by atoms with Gasteiger partial charge in [-0.05, 0) is 62.3 Å². The Morgan fingerprint density at radius 1 is 1.24 bits per heavy atom. The molecule has 1 N–H and O–H groups in total. The highest BCUT2D eigenvalue weighted by atomic mass is 79.9. The molecule has 0 radical (unpaired) electrons. The maximum Gasteiger partial charge on any atom is 0.410 e. The third-order valence-electron chi connectivity index (χ3n) is 5.39. The molecule has 29 heavy (non-hydrogen) atoms. The molecule has 0 saturated heterocycles. The SMILES string of the molecule is CCOC(=O)N1CCc2c([nH]c3ccc(Br)cc23)C1c1ccc(CN(C)C)cc1. The molecule has 1 unspecified atom stereocenters. The van der Waals surface area contributed by atoms with Gasteiger partial charge in [-0.1, -0.05) is 40.2 Å². The van der Waals surface area contributed by atoms with Crippen LogP contribution in [0.25, 0.3) is 10.9 Å². The number of nitrogens with zero attached hydrogens (tertiary/aromatic N) is 2. The molecule has 5 nitrogen and oxygen atoms in total. The number of amides is 1. The summed E-state index contributed by atoms with van der Waals surface area (Å²) in [4.78, 5) is 20.3. The predicted molar refractivity (Wildman–Crippen MR) is 119 cm³/mol. The van der Waals surface area contributed by atoms with Crippen molar-refractivity contribution in [3.8, 4) is 0 Å². The summed E-state index contributed by atoms with van der Waals surface area (Å²) in [5.41, 5.74) is 5.80. The second-order valence-electron chi connectivity index (χ2n) is 7.73. The van der Waals surface area contributed by atoms with Crippen LogP contribution >= 0.6 is 15.9 Å². The third kappa shape index (κ3) is 3.91. The van der Waals surface area contributed by atoms with Gasteiger partial charge in [-0.15, -0.1) is 0 Å². The highest BCUT2D eigenvalue weighted by molar-refractivity contribution is 9.10. The van der Waals surface area contributed by atoms with Crippen LogP contribution < -0.4 is 0 Å². The zero-order chi connectivity index (χ0) is 20.5. The molecule has 3 aromatic rings. The Morgan fingerprint density at radius 2 is 2.00 bits per heavy atom. The molecule has 2 aromatic carbocycles. The summed E-state index contributed by atoms with van der Waals surface area (Å²) in [7, 11) is 4.12. The molecule has 0 aliphatic carbocycles. The Hall–Kier alpha value is -2.31. The highest BCUT2D eigenvalue weighted by Gasteiger charge is 2.35. The van der Waals surface area contributed by atoms with Crippen LogP contribution in [-0.2, 0) is 17.7 Å². The molecule has 0 spiro atoms. The van der Waals surface area contributed by atoms with Crippen LogP contribution in [0.15, 0.2) is 46.9 Å². The predicted octanol–water partition coefficient (Wildman–Crippen LogP) is 5.10. The molecule has 0 saturated carbocycles. The van der Waals surface area contributed by atoms with E-state index in [-0.39, 0.29) is 12.1 Å². The summed E-state index contributed by atoms with van der Waals surface area (Å²) in [6.45, 7) is 3.74. The fraction of sp³-hybridized carbons (Fsp3) is 0.348. The number of H-pyrrole nitrogens is 1. The summed E-state index contributed by atoms with van der Waals surface area (Å²) in [6, 6.07) is 14.7. The first-order valence-corrected chi connectivity index (χ1v) is 10.7. The van der Waals surface area contributed by atoms with Crippen LogP contribution in [0.2, 0.25) is 0 Å². The van der Waals surface area contributed by atoms with Crippen molar-refractivity contribution in [2.24, 2.45) is 0 Å². The van der Waals surface area contributed by atoms with Crippen LogP contribution in [0, 0.1) is 0 Å². The third-order valence-corrected chi connectivity index (χ3v) is 5.88. The Kier molecular flexibility index (Phi) is 5.65. The monoisotopic (exact) mass is 455 g/mol. The number of carbonyl (C=O) groups excluding carboxylic acids is 1. The van der Waals surface area contributed by atoms with E-state index >= 15 is 0 Å². The van der Waals surface area contributed by atoms with E-state index in [1.165, 1.54) is 16.5 Å². The van der Waals surface area contributed by atoms with Crippen LogP contribution in [0.5, 0.6) is 0 Å². The van der Waals surface area contributed by atoms with Gasteiger partial charge in [-0.25, -0.2) is 4.79 Å². The average Bonchev–Trinajstić information content (AvgIpc) is 3.05. The normalized spacial score (nSPS) is 16.3. The number of rotatable bonds is 4. The number of hydrogen-bond donors (Lipinski definition) is 1. The van der Waals surface area contributed by atoms with Gasteiger partial charge in [0.05, 0.1) is 6.61 Å². The topological polar surface area (TPSA) is 48.6 Å². The van der Waals surface area contributed by atoms with Crippen molar-refractivity contribution in [2.45, 2.75) is 25.9 Å². The molecule has 1 aliphatic rings. The molecule has 2 heterocycles. The lowest BCUT2D eigenvalue weighted by atomic mass is 9.92. The van der Waals surface area contributed by atoms with Crippen molar-refractivity contribution >= 4 is 32.9 Å². The second kappa shape index (κ2) is 8.20. The van der Waals surface area contributed by atoms with Gasteiger partial charge in [0.25, 0.3) is 0 Å². The zero-order valence-corrected chi connectivity index (χ0v) is 18.6. The van der Waals surface area contributed by atoms with Crippen LogP contribution in [0.1, 0.15) is 35.3 Å². The lowest BCUT2D eigenvalue weighted by molar-refractivity contribution is 0.0932. The van der Waals surface area contributed by atoms with Crippen LogP contribution in [-0.4, -0.2) is 48.1 Å². The molecular weight excluding hydrogens is 430 g/mol. The largest absolute Gasteiger partial charge is 0.450 e. The van der Waals surface area contributed by atoms with Crippen molar-refractivity contribution in [1.29, 1.82) is 0 Å².